The number of carbonyl (C=O) groups excluding carboxylic acids is 1. The van der Waals surface area contributed by atoms with Crippen molar-refractivity contribution in [2.45, 2.75) is 420 Å². The van der Waals surface area contributed by atoms with Crippen LogP contribution in [0, 0.1) is 0 Å². The van der Waals surface area contributed by atoms with Crippen molar-refractivity contribution in [3.8, 4) is 0 Å². The van der Waals surface area contributed by atoms with Gasteiger partial charge < -0.3 is 89.9 Å². The van der Waals surface area contributed by atoms with Crippen molar-refractivity contribution in [2.75, 3.05) is 26.4 Å². The molecule has 0 bridgehead atoms. The van der Waals surface area contributed by atoms with Crippen LogP contribution < -0.4 is 5.32 Å². The number of amides is 1. The summed E-state index contributed by atoms with van der Waals surface area (Å²) in [7, 11) is 0. The Morgan fingerprint density at radius 3 is 1.02 bits per heavy atom. The zero-order chi connectivity index (χ0) is 79.5. The van der Waals surface area contributed by atoms with Gasteiger partial charge in [0.1, 0.15) is 73.2 Å². The highest BCUT2D eigenvalue weighted by Gasteiger charge is 2.54. The fraction of sp³-hybridized carbons (Fsp3) is 0.769. The van der Waals surface area contributed by atoms with Gasteiger partial charge in [-0.3, -0.25) is 4.79 Å². The van der Waals surface area contributed by atoms with Crippen LogP contribution in [0.2, 0.25) is 0 Å². The van der Waals surface area contributed by atoms with E-state index in [1.807, 2.05) is 6.08 Å². The third kappa shape index (κ3) is 47.9. The van der Waals surface area contributed by atoms with Gasteiger partial charge in [-0.1, -0.05) is 328 Å². The quantitative estimate of drug-likeness (QED) is 0.0199. The summed E-state index contributed by atoms with van der Waals surface area (Å²) in [6, 6.07) is -1.01. The van der Waals surface area contributed by atoms with Gasteiger partial charge in [-0.05, 0) is 103 Å². The van der Waals surface area contributed by atoms with Gasteiger partial charge in [-0.25, -0.2) is 0 Å². The first kappa shape index (κ1) is 100. The smallest absolute Gasteiger partial charge is 0.220 e. The van der Waals surface area contributed by atoms with E-state index < -0.39 is 124 Å². The van der Waals surface area contributed by atoms with Crippen LogP contribution >= 0.6 is 0 Å². The van der Waals surface area contributed by atoms with E-state index in [4.69, 9.17) is 28.4 Å². The molecule has 19 heteroatoms. The molecule has 0 aromatic rings. The number of carbonyl (C=O) groups is 1. The molecule has 19 nitrogen and oxygen atoms in total. The van der Waals surface area contributed by atoms with E-state index >= 15 is 0 Å². The maximum atomic E-state index is 13.5. The fourth-order valence-electron chi connectivity index (χ4n) is 14.0. The van der Waals surface area contributed by atoms with Gasteiger partial charge >= 0.3 is 0 Å². The predicted octanol–water partition coefficient (Wildman–Crippen LogP) is 16.2. The first-order chi connectivity index (χ1) is 53.8. The van der Waals surface area contributed by atoms with Crippen LogP contribution in [0.15, 0.2) is 122 Å². The van der Waals surface area contributed by atoms with E-state index in [0.29, 0.717) is 12.8 Å². The molecule has 3 fully saturated rings. The Labute approximate surface area is 665 Å². The van der Waals surface area contributed by atoms with Gasteiger partial charge in [0.2, 0.25) is 5.91 Å². The summed E-state index contributed by atoms with van der Waals surface area (Å²) in [5.74, 6) is -0.295. The number of aliphatic hydroxyl groups excluding tert-OH is 11. The Morgan fingerprint density at radius 1 is 0.336 bits per heavy atom. The van der Waals surface area contributed by atoms with E-state index in [9.17, 15) is 61.0 Å². The van der Waals surface area contributed by atoms with E-state index in [2.05, 4.69) is 129 Å². The average Bonchev–Trinajstić information content (AvgIpc) is 0.780. The number of unbranched alkanes of at least 4 members (excludes halogenated alkanes) is 35. The molecule has 3 rings (SSSR count). The average molecular weight is 1550 g/mol. The minimum atomic E-state index is -1.99. The predicted molar refractivity (Wildman–Crippen MR) is 443 cm³/mol. The summed E-state index contributed by atoms with van der Waals surface area (Å²) in [5.41, 5.74) is 0. The maximum absolute atomic E-state index is 13.5. The van der Waals surface area contributed by atoms with Crippen LogP contribution in [0.1, 0.15) is 316 Å². The lowest BCUT2D eigenvalue weighted by Gasteiger charge is -2.48. The Balaban J connectivity index is 1.37. The van der Waals surface area contributed by atoms with Crippen LogP contribution in [0.25, 0.3) is 0 Å². The van der Waals surface area contributed by atoms with E-state index in [0.717, 1.165) is 103 Å². The molecule has 3 heterocycles. The largest absolute Gasteiger partial charge is 0.394 e. The molecular formula is C91H157NO18. The third-order valence-electron chi connectivity index (χ3n) is 21.0. The molecule has 3 aliphatic rings. The topological polar surface area (TPSA) is 307 Å². The Morgan fingerprint density at radius 2 is 0.636 bits per heavy atom. The zero-order valence-corrected chi connectivity index (χ0v) is 68.2. The number of aliphatic hydroxyl groups is 11. The minimum absolute atomic E-state index is 0.221. The van der Waals surface area contributed by atoms with Gasteiger partial charge in [0.05, 0.1) is 38.6 Å². The molecule has 12 N–H and O–H groups in total. The van der Waals surface area contributed by atoms with Crippen molar-refractivity contribution in [2.24, 2.45) is 0 Å². The molecule has 0 aromatic heterocycles. The molecular weight excluding hydrogens is 1390 g/mol. The Bertz CT molecular complexity index is 2460. The van der Waals surface area contributed by atoms with Gasteiger partial charge in [-0.15, -0.1) is 0 Å². The van der Waals surface area contributed by atoms with Crippen molar-refractivity contribution in [1.82, 2.24) is 5.32 Å². The first-order valence-corrected chi connectivity index (χ1v) is 43.8. The number of ether oxygens (including phenoxy) is 6. The van der Waals surface area contributed by atoms with Crippen molar-refractivity contribution in [1.29, 1.82) is 0 Å². The van der Waals surface area contributed by atoms with Crippen molar-refractivity contribution in [3.05, 3.63) is 122 Å². The number of allylic oxidation sites excluding steroid dienone is 19. The van der Waals surface area contributed by atoms with E-state index in [1.165, 1.54) is 180 Å². The molecule has 17 unspecified atom stereocenters. The normalized spacial score (nSPS) is 25.8. The monoisotopic (exact) mass is 1550 g/mol. The van der Waals surface area contributed by atoms with E-state index in [-0.39, 0.29) is 18.9 Å². The second kappa shape index (κ2) is 69.5. The second-order valence-corrected chi connectivity index (χ2v) is 30.6. The molecule has 0 aromatic carbocycles. The number of rotatable bonds is 69. The van der Waals surface area contributed by atoms with Gasteiger partial charge in [0.25, 0.3) is 0 Å². The summed E-state index contributed by atoms with van der Waals surface area (Å²) in [6.07, 6.45) is 72.0. The molecule has 17 atom stereocenters. The van der Waals surface area contributed by atoms with Gasteiger partial charge in [0.15, 0.2) is 18.9 Å². The van der Waals surface area contributed by atoms with Crippen LogP contribution in [0.5, 0.6) is 0 Å². The molecule has 634 valence electrons. The first-order valence-electron chi connectivity index (χ1n) is 43.8. The lowest BCUT2D eigenvalue weighted by molar-refractivity contribution is -0.379. The van der Waals surface area contributed by atoms with Crippen molar-refractivity contribution < 1.29 is 89.4 Å². The Kier molecular flexibility index (Phi) is 63.4. The standard InChI is InChI=1S/C91H157NO18/c1-3-5-7-9-11-13-15-17-19-21-23-25-27-29-31-33-35-37-39-41-43-45-47-49-51-53-55-57-59-61-63-65-67-69-79(97)92-74(75(96)68-66-64-62-60-58-56-54-52-50-48-46-44-42-40-38-36-34-32-30-28-26-24-22-20-18-16-14-12-10-8-6-4-2)73-105-89-85(103)82(100)87(77(71-94)107-89)110-91-86(104)83(101)88(78(72-95)108-91)109-90-84(102)81(99)80(98)76(70-93)106-90/h5,7,11,13,17,19,23,25,29,31,35,37,41,43,50,52,58,60,66,68,74-78,80-91,93-96,98-104H,3-4,6,8-10,12,14-16,18,20-22,24,26-28,30,32-34,36,38-40,42,44-49,51,53-57,59,61-65,67,69-73H2,1-2H3,(H,92,97)/b7-5-,13-11-,19-17-,25-23-,31-29-,37-35-,43-41-,52-50+,60-58+,68-66+. The molecule has 0 aliphatic carbocycles. The van der Waals surface area contributed by atoms with Crippen LogP contribution in [-0.4, -0.2) is 193 Å². The van der Waals surface area contributed by atoms with Crippen LogP contribution in [0.3, 0.4) is 0 Å². The number of hydrogen-bond donors (Lipinski definition) is 12. The highest BCUT2D eigenvalue weighted by Crippen LogP contribution is 2.33. The number of hydrogen-bond acceptors (Lipinski definition) is 18. The highest BCUT2D eigenvalue weighted by molar-refractivity contribution is 5.76. The summed E-state index contributed by atoms with van der Waals surface area (Å²) >= 11 is 0. The molecule has 110 heavy (non-hydrogen) atoms. The zero-order valence-electron chi connectivity index (χ0n) is 68.2. The summed E-state index contributed by atoms with van der Waals surface area (Å²) in [6.45, 7) is 1.62. The third-order valence-corrected chi connectivity index (χ3v) is 21.0. The lowest BCUT2D eigenvalue weighted by Crippen LogP contribution is -2.66. The van der Waals surface area contributed by atoms with Gasteiger partial charge in [0, 0.05) is 6.42 Å². The van der Waals surface area contributed by atoms with Crippen molar-refractivity contribution >= 4 is 5.91 Å². The minimum Gasteiger partial charge on any atom is -0.394 e. The summed E-state index contributed by atoms with van der Waals surface area (Å²) < 4.78 is 34.5. The SMILES string of the molecule is CC/C=C\C/C=C\C/C=C\C/C=C\C/C=C\C/C=C\C/C=C\CCCCCCCCCCCCCC(=O)NC(COC1OC(CO)C(OC2OC(CO)C(OC3OC(CO)C(O)C(O)C3O)C(O)C2O)C(O)C1O)C(O)/C=C/CC/C=C/CC/C=C/CCCCCCCCCCCCCCCCCCCCCCCC. The molecule has 3 aliphatic heterocycles. The number of nitrogens with one attached hydrogen (secondary N) is 1. The molecule has 0 saturated carbocycles. The van der Waals surface area contributed by atoms with Crippen molar-refractivity contribution in [3.63, 3.8) is 0 Å². The van der Waals surface area contributed by atoms with E-state index in [1.54, 1.807) is 6.08 Å². The van der Waals surface area contributed by atoms with Crippen LogP contribution in [0.4, 0.5) is 0 Å². The summed E-state index contributed by atoms with van der Waals surface area (Å²) in [5, 5.41) is 121. The molecule has 1 amide bonds. The Hall–Kier alpha value is -3.81. The van der Waals surface area contributed by atoms with Gasteiger partial charge in [-0.2, -0.15) is 0 Å². The maximum Gasteiger partial charge on any atom is 0.220 e. The fourth-order valence-corrected chi connectivity index (χ4v) is 14.0. The lowest BCUT2D eigenvalue weighted by atomic mass is 9.96. The van der Waals surface area contributed by atoms with Crippen LogP contribution in [-0.2, 0) is 33.2 Å². The second-order valence-electron chi connectivity index (χ2n) is 30.6. The summed E-state index contributed by atoms with van der Waals surface area (Å²) in [4.78, 5) is 13.5. The molecule has 0 spiro atoms. The molecule has 3 saturated heterocycles. The highest BCUT2D eigenvalue weighted by atomic mass is 16.8. The molecule has 0 radical (unpaired) electrons.